The van der Waals surface area contributed by atoms with Crippen molar-refractivity contribution in [1.29, 1.82) is 0 Å². The van der Waals surface area contributed by atoms with E-state index in [-0.39, 0.29) is 11.9 Å². The van der Waals surface area contributed by atoms with Gasteiger partial charge in [-0.25, -0.2) is 0 Å². The molecule has 0 radical (unpaired) electrons. The first kappa shape index (κ1) is 12.8. The molecule has 1 N–H and O–H groups in total. The quantitative estimate of drug-likeness (QED) is 0.855. The van der Waals surface area contributed by atoms with Crippen LogP contribution in [0.5, 0.6) is 0 Å². The molecule has 4 heteroatoms. The van der Waals surface area contributed by atoms with E-state index in [0.29, 0.717) is 6.10 Å². The lowest BCUT2D eigenvalue weighted by Gasteiger charge is -2.34. The average molecular weight is 345 g/mol. The Morgan fingerprint density at radius 3 is 2.82 bits per heavy atom. The fourth-order valence-corrected chi connectivity index (χ4v) is 2.57. The number of aryl methyl sites for hydroxylation is 1. The lowest BCUT2D eigenvalue weighted by Crippen LogP contribution is -2.47. The molecule has 0 bridgehead atoms. The van der Waals surface area contributed by atoms with E-state index in [1.807, 2.05) is 25.1 Å². The van der Waals surface area contributed by atoms with Crippen LogP contribution in [0.15, 0.2) is 18.2 Å². The topological polar surface area (TPSA) is 38.3 Å². The number of carbonyl (C=O) groups excluding carboxylic acids is 1. The van der Waals surface area contributed by atoms with Crippen molar-refractivity contribution in [3.05, 3.63) is 32.9 Å². The maximum absolute atomic E-state index is 12.1. The van der Waals surface area contributed by atoms with Crippen molar-refractivity contribution < 1.29 is 9.53 Å². The summed E-state index contributed by atoms with van der Waals surface area (Å²) in [5.41, 5.74) is 1.91. The molecule has 1 aromatic rings. The molecule has 0 aromatic heterocycles. The molecule has 0 aliphatic heterocycles. The molecule has 1 aliphatic carbocycles. The molecule has 92 valence electrons. The van der Waals surface area contributed by atoms with E-state index in [1.54, 1.807) is 7.11 Å². The second kappa shape index (κ2) is 5.35. The number of carbonyl (C=O) groups is 1. The normalized spacial score (nSPS) is 23.0. The highest BCUT2D eigenvalue weighted by molar-refractivity contribution is 14.1. The lowest BCUT2D eigenvalue weighted by atomic mass is 9.89. The summed E-state index contributed by atoms with van der Waals surface area (Å²) in [4.78, 5) is 12.1. The minimum absolute atomic E-state index is 0.0256. The first-order chi connectivity index (χ1) is 8.11. The highest BCUT2D eigenvalue weighted by Gasteiger charge is 2.30. The van der Waals surface area contributed by atoms with E-state index in [9.17, 15) is 4.79 Å². The van der Waals surface area contributed by atoms with Crippen molar-refractivity contribution in [1.82, 2.24) is 5.32 Å². The summed E-state index contributed by atoms with van der Waals surface area (Å²) >= 11 is 2.22. The van der Waals surface area contributed by atoms with Gasteiger partial charge in [0, 0.05) is 16.7 Å². The molecule has 0 spiro atoms. The van der Waals surface area contributed by atoms with Crippen LogP contribution in [-0.4, -0.2) is 25.2 Å². The van der Waals surface area contributed by atoms with Crippen LogP contribution in [0.2, 0.25) is 0 Å². The fourth-order valence-electron chi connectivity index (χ4n) is 1.96. The third-order valence-electron chi connectivity index (χ3n) is 3.20. The Labute approximate surface area is 115 Å². The molecule has 1 aliphatic rings. The van der Waals surface area contributed by atoms with Crippen molar-refractivity contribution in [3.63, 3.8) is 0 Å². The van der Waals surface area contributed by atoms with Crippen LogP contribution in [0.1, 0.15) is 28.8 Å². The molecule has 2 rings (SSSR count). The highest BCUT2D eigenvalue weighted by atomic mass is 127. The SMILES string of the molecule is COC1CC(NC(=O)c2cccc(C)c2I)C1. The van der Waals surface area contributed by atoms with Crippen molar-refractivity contribution in [2.24, 2.45) is 0 Å². The summed E-state index contributed by atoms with van der Waals surface area (Å²) in [6.07, 6.45) is 2.16. The van der Waals surface area contributed by atoms with Crippen LogP contribution >= 0.6 is 22.6 Å². The molecule has 0 saturated heterocycles. The number of hydrogen-bond donors (Lipinski definition) is 1. The summed E-state index contributed by atoms with van der Waals surface area (Å²) in [6, 6.07) is 6.08. The maximum atomic E-state index is 12.1. The molecule has 1 fully saturated rings. The van der Waals surface area contributed by atoms with E-state index in [2.05, 4.69) is 27.9 Å². The van der Waals surface area contributed by atoms with E-state index >= 15 is 0 Å². The van der Waals surface area contributed by atoms with Gasteiger partial charge in [0.05, 0.1) is 11.7 Å². The number of ether oxygens (including phenoxy) is 1. The first-order valence-electron chi connectivity index (χ1n) is 5.70. The number of hydrogen-bond acceptors (Lipinski definition) is 2. The predicted molar refractivity (Wildman–Crippen MR) is 75.2 cm³/mol. The number of rotatable bonds is 3. The zero-order chi connectivity index (χ0) is 12.4. The summed E-state index contributed by atoms with van der Waals surface area (Å²) < 4.78 is 6.23. The number of nitrogens with one attached hydrogen (secondary N) is 1. The minimum atomic E-state index is 0.0256. The van der Waals surface area contributed by atoms with Gasteiger partial charge < -0.3 is 10.1 Å². The third-order valence-corrected chi connectivity index (χ3v) is 4.63. The van der Waals surface area contributed by atoms with E-state index in [4.69, 9.17) is 4.74 Å². The van der Waals surface area contributed by atoms with Gasteiger partial charge in [0.25, 0.3) is 5.91 Å². The van der Waals surface area contributed by atoms with Crippen LogP contribution in [0.3, 0.4) is 0 Å². The van der Waals surface area contributed by atoms with Crippen molar-refractivity contribution in [2.75, 3.05) is 7.11 Å². The van der Waals surface area contributed by atoms with Gasteiger partial charge in [-0.15, -0.1) is 0 Å². The van der Waals surface area contributed by atoms with Gasteiger partial charge in [-0.05, 0) is 54.0 Å². The Bertz CT molecular complexity index is 427. The molecular weight excluding hydrogens is 329 g/mol. The molecule has 1 aromatic carbocycles. The first-order valence-corrected chi connectivity index (χ1v) is 6.78. The largest absolute Gasteiger partial charge is 0.381 e. The lowest BCUT2D eigenvalue weighted by molar-refractivity contribution is 0.0176. The standard InChI is InChI=1S/C13H16INO2/c1-8-4-3-5-11(12(8)14)13(16)15-9-6-10(7-9)17-2/h3-5,9-10H,6-7H2,1-2H3,(H,15,16). The third kappa shape index (κ3) is 2.80. The average Bonchev–Trinajstić information content (AvgIpc) is 2.26. The van der Waals surface area contributed by atoms with Crippen LogP contribution in [-0.2, 0) is 4.74 Å². The number of benzene rings is 1. The molecular formula is C13H16INO2. The van der Waals surface area contributed by atoms with Gasteiger partial charge in [-0.2, -0.15) is 0 Å². The molecule has 0 atom stereocenters. The Hall–Kier alpha value is -0.620. The number of amides is 1. The smallest absolute Gasteiger partial charge is 0.252 e. The van der Waals surface area contributed by atoms with Crippen LogP contribution in [0.25, 0.3) is 0 Å². The second-order valence-corrected chi connectivity index (χ2v) is 5.51. The molecule has 1 saturated carbocycles. The molecule has 3 nitrogen and oxygen atoms in total. The summed E-state index contributed by atoms with van der Waals surface area (Å²) in [5.74, 6) is 0.0256. The minimum Gasteiger partial charge on any atom is -0.381 e. The van der Waals surface area contributed by atoms with Crippen molar-refractivity contribution in [3.8, 4) is 0 Å². The Morgan fingerprint density at radius 1 is 1.47 bits per heavy atom. The zero-order valence-corrected chi connectivity index (χ0v) is 12.2. The van der Waals surface area contributed by atoms with E-state index in [0.717, 1.165) is 27.5 Å². The van der Waals surface area contributed by atoms with Gasteiger partial charge in [0.15, 0.2) is 0 Å². The van der Waals surface area contributed by atoms with Gasteiger partial charge in [0.2, 0.25) is 0 Å². The number of methoxy groups -OCH3 is 1. The molecule has 1 amide bonds. The number of halogens is 1. The monoisotopic (exact) mass is 345 g/mol. The zero-order valence-electron chi connectivity index (χ0n) is 10.00. The Kier molecular flexibility index (Phi) is 4.04. The fraction of sp³-hybridized carbons (Fsp3) is 0.462. The van der Waals surface area contributed by atoms with Gasteiger partial charge in [-0.1, -0.05) is 12.1 Å². The summed E-state index contributed by atoms with van der Waals surface area (Å²) in [6.45, 7) is 2.02. The predicted octanol–water partition coefficient (Wildman–Crippen LogP) is 2.51. The Morgan fingerprint density at radius 2 is 2.18 bits per heavy atom. The van der Waals surface area contributed by atoms with Gasteiger partial charge in [-0.3, -0.25) is 4.79 Å². The van der Waals surface area contributed by atoms with E-state index < -0.39 is 0 Å². The molecule has 0 heterocycles. The second-order valence-electron chi connectivity index (χ2n) is 4.44. The van der Waals surface area contributed by atoms with E-state index in [1.165, 1.54) is 0 Å². The van der Waals surface area contributed by atoms with Crippen molar-refractivity contribution in [2.45, 2.75) is 31.9 Å². The highest BCUT2D eigenvalue weighted by Crippen LogP contribution is 2.23. The maximum Gasteiger partial charge on any atom is 0.252 e. The summed E-state index contributed by atoms with van der Waals surface area (Å²) in [7, 11) is 1.71. The van der Waals surface area contributed by atoms with Crippen LogP contribution < -0.4 is 5.32 Å². The van der Waals surface area contributed by atoms with Crippen LogP contribution in [0.4, 0.5) is 0 Å². The molecule has 17 heavy (non-hydrogen) atoms. The Balaban J connectivity index is 1.99. The van der Waals surface area contributed by atoms with Gasteiger partial charge in [0.1, 0.15) is 0 Å². The summed E-state index contributed by atoms with van der Waals surface area (Å²) in [5, 5.41) is 3.04. The van der Waals surface area contributed by atoms with Gasteiger partial charge >= 0.3 is 0 Å². The van der Waals surface area contributed by atoms with Crippen molar-refractivity contribution >= 4 is 28.5 Å². The van der Waals surface area contributed by atoms with Crippen LogP contribution in [0, 0.1) is 10.5 Å². The molecule has 0 unspecified atom stereocenters.